The maximum absolute atomic E-state index is 10.7. The Morgan fingerprint density at radius 2 is 1.94 bits per heavy atom. The molecule has 0 aromatic rings. The Hall–Kier alpha value is 0.120. The Labute approximate surface area is 118 Å². The Kier molecular flexibility index (Phi) is 9.17. The van der Waals surface area contributed by atoms with Crippen LogP contribution in [-0.2, 0) is 4.74 Å². The number of amides is 1. The van der Waals surface area contributed by atoms with Gasteiger partial charge in [0.25, 0.3) is 3.91 Å². The number of hydrogen-bond donors (Lipinski definition) is 2. The lowest BCUT2D eigenvalue weighted by Crippen LogP contribution is -2.34. The predicted octanol–water partition coefficient (Wildman–Crippen LogP) is 2.58. The van der Waals surface area contributed by atoms with Gasteiger partial charge in [-0.15, -0.1) is 0 Å². The molecule has 0 rings (SSSR count). The van der Waals surface area contributed by atoms with Crippen LogP contribution in [0.1, 0.15) is 34.1 Å². The van der Waals surface area contributed by atoms with Crippen LogP contribution in [0.15, 0.2) is 0 Å². The zero-order valence-electron chi connectivity index (χ0n) is 11.1. The van der Waals surface area contributed by atoms with E-state index >= 15 is 0 Å². The summed E-state index contributed by atoms with van der Waals surface area (Å²) in [4.78, 5) is 10.7. The molecule has 1 amide bonds. The minimum Gasteiger partial charge on any atom is -0.389 e. The minimum atomic E-state index is -0.637. The van der Waals surface area contributed by atoms with E-state index in [0.29, 0.717) is 11.8 Å². The minimum absolute atomic E-state index is 0.163. The number of aliphatic hydroxyl groups excluding tert-OH is 1. The Bertz CT molecular complexity index is 222. The molecule has 0 aliphatic heterocycles. The summed E-state index contributed by atoms with van der Waals surface area (Å²) in [5, 5.41) is 12.2. The van der Waals surface area contributed by atoms with Crippen LogP contribution in [0.3, 0.4) is 0 Å². The third-order valence-corrected chi connectivity index (χ3v) is 2.81. The van der Waals surface area contributed by atoms with Gasteiger partial charge in [0.05, 0.1) is 18.8 Å². The number of carbonyl (C=O) groups excluding carboxylic acids is 1. The van der Waals surface area contributed by atoms with Gasteiger partial charge >= 0.3 is 0 Å². The lowest BCUT2D eigenvalue weighted by Gasteiger charge is -2.24. The smallest absolute Gasteiger partial charge is 0.280 e. The second kappa shape index (κ2) is 9.10. The van der Waals surface area contributed by atoms with Crippen LogP contribution in [0.2, 0.25) is 0 Å². The van der Waals surface area contributed by atoms with Crippen molar-refractivity contribution >= 4 is 26.5 Å². The summed E-state index contributed by atoms with van der Waals surface area (Å²) in [6.07, 6.45) is 0.519. The van der Waals surface area contributed by atoms with Crippen molar-refractivity contribution in [2.75, 3.05) is 13.2 Å². The molecule has 2 N–H and O–H groups in total. The molecule has 0 saturated carbocycles. The van der Waals surface area contributed by atoms with Crippen LogP contribution in [0.4, 0.5) is 4.79 Å². The molecule has 0 aromatic heterocycles. The van der Waals surface area contributed by atoms with Crippen LogP contribution in [-0.4, -0.2) is 34.4 Å². The number of carbonyl (C=O) groups is 1. The summed E-state index contributed by atoms with van der Waals surface area (Å²) in [6.45, 7) is 9.07. The fourth-order valence-corrected chi connectivity index (χ4v) is 1.71. The Morgan fingerprint density at radius 1 is 1.35 bits per heavy atom. The van der Waals surface area contributed by atoms with E-state index in [1.54, 1.807) is 22.6 Å². The Balaban J connectivity index is 3.90. The highest BCUT2D eigenvalue weighted by Crippen LogP contribution is 2.16. The van der Waals surface area contributed by atoms with Crippen molar-refractivity contribution in [1.29, 1.82) is 0 Å². The molecule has 0 aliphatic rings. The van der Waals surface area contributed by atoms with E-state index in [0.717, 1.165) is 6.42 Å². The van der Waals surface area contributed by atoms with E-state index in [1.807, 2.05) is 0 Å². The van der Waals surface area contributed by atoms with Gasteiger partial charge in [-0.25, -0.2) is 0 Å². The lowest BCUT2D eigenvalue weighted by atomic mass is 9.97. The summed E-state index contributed by atoms with van der Waals surface area (Å²) >= 11 is 1.64. The predicted molar refractivity (Wildman–Crippen MR) is 77.5 cm³/mol. The van der Waals surface area contributed by atoms with Gasteiger partial charge in [0, 0.05) is 29.1 Å². The first-order valence-electron chi connectivity index (χ1n) is 6.05. The second-order valence-corrected chi connectivity index (χ2v) is 6.03. The highest BCUT2D eigenvalue weighted by Gasteiger charge is 2.17. The summed E-state index contributed by atoms with van der Waals surface area (Å²) < 4.78 is 5.54. The molecule has 102 valence electrons. The fourth-order valence-electron chi connectivity index (χ4n) is 1.49. The topological polar surface area (TPSA) is 58.6 Å². The van der Waals surface area contributed by atoms with Crippen molar-refractivity contribution in [2.24, 2.45) is 11.8 Å². The van der Waals surface area contributed by atoms with Crippen molar-refractivity contribution in [3.8, 4) is 0 Å². The van der Waals surface area contributed by atoms with Crippen molar-refractivity contribution in [2.45, 2.75) is 46.3 Å². The summed E-state index contributed by atoms with van der Waals surface area (Å²) in [7, 11) is 0. The van der Waals surface area contributed by atoms with E-state index in [2.05, 4.69) is 33.0 Å². The summed E-state index contributed by atoms with van der Waals surface area (Å²) in [6, 6.07) is 0. The van der Waals surface area contributed by atoms with Gasteiger partial charge in [-0.2, -0.15) is 0 Å². The number of rotatable bonds is 8. The SMILES string of the molecule is CC(C)CC(OCC(O)CNC(=O)I)C(C)C. The number of halogens is 1. The zero-order valence-corrected chi connectivity index (χ0v) is 13.2. The van der Waals surface area contributed by atoms with E-state index in [4.69, 9.17) is 4.74 Å². The third kappa shape index (κ3) is 9.79. The highest BCUT2D eigenvalue weighted by atomic mass is 127. The molecule has 0 aliphatic carbocycles. The molecule has 2 unspecified atom stereocenters. The summed E-state index contributed by atoms with van der Waals surface area (Å²) in [5.41, 5.74) is 0. The monoisotopic (exact) mass is 357 g/mol. The van der Waals surface area contributed by atoms with Crippen LogP contribution in [0.5, 0.6) is 0 Å². The molecular weight excluding hydrogens is 333 g/mol. The first kappa shape index (κ1) is 17.1. The molecule has 0 aromatic carbocycles. The second-order valence-electron chi connectivity index (χ2n) is 5.05. The highest BCUT2D eigenvalue weighted by molar-refractivity contribution is 14.1. The van der Waals surface area contributed by atoms with Gasteiger partial charge in [0.1, 0.15) is 0 Å². The number of ether oxygens (including phenoxy) is 1. The Morgan fingerprint density at radius 3 is 2.35 bits per heavy atom. The van der Waals surface area contributed by atoms with E-state index in [1.165, 1.54) is 0 Å². The van der Waals surface area contributed by atoms with Crippen LogP contribution >= 0.6 is 22.6 Å². The lowest BCUT2D eigenvalue weighted by molar-refractivity contribution is -0.0353. The quantitative estimate of drug-likeness (QED) is 0.399. The van der Waals surface area contributed by atoms with Crippen LogP contribution < -0.4 is 5.32 Å². The number of aliphatic hydroxyl groups is 1. The largest absolute Gasteiger partial charge is 0.389 e. The van der Waals surface area contributed by atoms with Gasteiger partial charge in [-0.05, 0) is 18.3 Å². The zero-order chi connectivity index (χ0) is 13.4. The average molecular weight is 357 g/mol. The van der Waals surface area contributed by atoms with Crippen LogP contribution in [0.25, 0.3) is 0 Å². The van der Waals surface area contributed by atoms with Crippen molar-refractivity contribution in [1.82, 2.24) is 5.32 Å². The molecule has 4 nitrogen and oxygen atoms in total. The molecule has 5 heteroatoms. The average Bonchev–Trinajstić information content (AvgIpc) is 2.20. The molecule has 0 radical (unpaired) electrons. The number of hydrogen-bond acceptors (Lipinski definition) is 3. The molecule has 0 spiro atoms. The van der Waals surface area contributed by atoms with Gasteiger partial charge in [-0.1, -0.05) is 27.7 Å². The number of nitrogens with one attached hydrogen (secondary N) is 1. The van der Waals surface area contributed by atoms with E-state index in [-0.39, 0.29) is 23.2 Å². The van der Waals surface area contributed by atoms with Gasteiger partial charge < -0.3 is 15.2 Å². The molecule has 2 atom stereocenters. The standard InChI is InChI=1S/C12H24INO3/c1-8(2)5-11(9(3)4)17-7-10(15)6-14-12(13)16/h8-11,15H,5-7H2,1-4H3,(H,14,16). The van der Waals surface area contributed by atoms with Gasteiger partial charge in [-0.3, -0.25) is 4.79 Å². The van der Waals surface area contributed by atoms with Crippen molar-refractivity contribution in [3.63, 3.8) is 0 Å². The van der Waals surface area contributed by atoms with E-state index in [9.17, 15) is 9.90 Å². The van der Waals surface area contributed by atoms with Gasteiger partial charge in [0.2, 0.25) is 0 Å². The van der Waals surface area contributed by atoms with Crippen LogP contribution in [0, 0.1) is 11.8 Å². The molecule has 17 heavy (non-hydrogen) atoms. The summed E-state index contributed by atoms with van der Waals surface area (Å²) in [5.74, 6) is 1.01. The molecular formula is C12H24INO3. The van der Waals surface area contributed by atoms with Crippen molar-refractivity contribution in [3.05, 3.63) is 0 Å². The molecule has 0 saturated heterocycles. The normalized spacial score (nSPS) is 15.1. The molecule has 0 fully saturated rings. The third-order valence-electron chi connectivity index (χ3n) is 2.43. The first-order valence-corrected chi connectivity index (χ1v) is 7.13. The maximum atomic E-state index is 10.7. The fraction of sp³-hybridized carbons (Fsp3) is 0.917. The van der Waals surface area contributed by atoms with Gasteiger partial charge in [0.15, 0.2) is 0 Å². The molecule has 0 heterocycles. The molecule has 0 bridgehead atoms. The van der Waals surface area contributed by atoms with E-state index < -0.39 is 6.10 Å². The maximum Gasteiger partial charge on any atom is 0.280 e. The first-order chi connectivity index (χ1) is 7.82. The van der Waals surface area contributed by atoms with Crippen molar-refractivity contribution < 1.29 is 14.6 Å².